The molecule has 1 spiro atoms. The van der Waals surface area contributed by atoms with E-state index < -0.39 is 0 Å². The number of piperidine rings is 1. The van der Waals surface area contributed by atoms with Crippen LogP contribution in [0.15, 0.2) is 24.5 Å². The molecule has 2 saturated heterocycles. The van der Waals surface area contributed by atoms with Gasteiger partial charge < -0.3 is 20.1 Å². The van der Waals surface area contributed by atoms with Crippen molar-refractivity contribution in [3.05, 3.63) is 40.8 Å². The van der Waals surface area contributed by atoms with Gasteiger partial charge in [0, 0.05) is 54.5 Å². The van der Waals surface area contributed by atoms with Crippen LogP contribution in [0.5, 0.6) is 5.75 Å². The van der Waals surface area contributed by atoms with Crippen LogP contribution in [0.4, 0.5) is 5.95 Å². The second-order valence-electron chi connectivity index (χ2n) is 9.40. The molecular weight excluding hydrogens is 426 g/mol. The molecule has 0 saturated carbocycles. The molecule has 2 atom stereocenters. The smallest absolute Gasteiger partial charge is 0.211 e. The monoisotopic (exact) mass is 453 g/mol. The maximum absolute atomic E-state index is 6.79. The lowest BCUT2D eigenvalue weighted by molar-refractivity contribution is 0.0973. The Balaban J connectivity index is 1.38. The van der Waals surface area contributed by atoms with Gasteiger partial charge in [-0.15, -0.1) is 0 Å². The van der Waals surface area contributed by atoms with Gasteiger partial charge in [-0.05, 0) is 32.3 Å². The number of halogens is 1. The molecule has 0 radical (unpaired) electrons. The van der Waals surface area contributed by atoms with Crippen LogP contribution in [0.25, 0.3) is 16.8 Å². The molecule has 8 heteroatoms. The fourth-order valence-corrected chi connectivity index (χ4v) is 5.97. The Morgan fingerprint density at radius 3 is 2.81 bits per heavy atom. The van der Waals surface area contributed by atoms with Crippen molar-refractivity contribution in [2.24, 2.45) is 11.1 Å². The molecule has 2 fully saturated rings. The molecular formula is C24H28ClN5O2. The Morgan fingerprint density at radius 2 is 2.06 bits per heavy atom. The van der Waals surface area contributed by atoms with Crippen LogP contribution >= 0.6 is 11.6 Å². The third-order valence-electron chi connectivity index (χ3n) is 7.66. The van der Waals surface area contributed by atoms with E-state index >= 15 is 0 Å². The number of hydrogen-bond donors (Lipinski definition) is 1. The van der Waals surface area contributed by atoms with E-state index in [0.717, 1.165) is 78.7 Å². The van der Waals surface area contributed by atoms with Crippen molar-refractivity contribution in [1.29, 1.82) is 0 Å². The molecule has 6 rings (SSSR count). The summed E-state index contributed by atoms with van der Waals surface area (Å²) < 4.78 is 13.8. The Labute approximate surface area is 192 Å². The molecule has 7 nitrogen and oxygen atoms in total. The van der Waals surface area contributed by atoms with Gasteiger partial charge in [-0.3, -0.25) is 4.40 Å². The van der Waals surface area contributed by atoms with Crippen LogP contribution in [0.3, 0.4) is 0 Å². The number of imidazole rings is 1. The minimum Gasteiger partial charge on any atom is -0.491 e. The first-order valence-electron chi connectivity index (χ1n) is 11.4. The number of benzene rings is 1. The van der Waals surface area contributed by atoms with Crippen LogP contribution in [0.1, 0.15) is 31.0 Å². The van der Waals surface area contributed by atoms with Gasteiger partial charge in [0.25, 0.3) is 0 Å². The van der Waals surface area contributed by atoms with Gasteiger partial charge in [-0.1, -0.05) is 23.7 Å². The lowest BCUT2D eigenvalue weighted by Crippen LogP contribution is -2.51. The number of fused-ring (bicyclic) bond motifs is 2. The highest BCUT2D eigenvalue weighted by Gasteiger charge is 2.47. The fraction of sp³-hybridized carbons (Fsp3) is 0.500. The minimum absolute atomic E-state index is 0.0803. The lowest BCUT2D eigenvalue weighted by atomic mass is 9.73. The summed E-state index contributed by atoms with van der Waals surface area (Å²) in [6.07, 6.45) is 6.84. The second kappa shape index (κ2) is 7.33. The number of rotatable bonds is 2. The lowest BCUT2D eigenvalue weighted by Gasteiger charge is -2.41. The van der Waals surface area contributed by atoms with Gasteiger partial charge in [0.05, 0.1) is 30.0 Å². The van der Waals surface area contributed by atoms with E-state index in [9.17, 15) is 0 Å². The molecule has 2 N–H and O–H groups in total. The first kappa shape index (κ1) is 20.3. The summed E-state index contributed by atoms with van der Waals surface area (Å²) in [5.41, 5.74) is 11.4. The topological polar surface area (TPSA) is 77.9 Å². The van der Waals surface area contributed by atoms with Gasteiger partial charge in [-0.25, -0.2) is 9.97 Å². The van der Waals surface area contributed by atoms with Crippen molar-refractivity contribution in [2.45, 2.75) is 45.3 Å². The van der Waals surface area contributed by atoms with E-state index in [1.54, 1.807) is 0 Å². The van der Waals surface area contributed by atoms with Crippen molar-refractivity contribution >= 4 is 23.2 Å². The number of aromatic nitrogens is 3. The van der Waals surface area contributed by atoms with Crippen molar-refractivity contribution in [3.8, 4) is 16.9 Å². The zero-order valence-corrected chi connectivity index (χ0v) is 19.2. The van der Waals surface area contributed by atoms with Crippen LogP contribution in [0.2, 0.25) is 5.02 Å². The van der Waals surface area contributed by atoms with Crippen molar-refractivity contribution in [1.82, 2.24) is 14.4 Å². The Morgan fingerprint density at radius 1 is 1.25 bits per heavy atom. The van der Waals surface area contributed by atoms with E-state index in [1.165, 1.54) is 0 Å². The van der Waals surface area contributed by atoms with Crippen LogP contribution < -0.4 is 15.4 Å². The van der Waals surface area contributed by atoms with E-state index in [-0.39, 0.29) is 17.6 Å². The van der Waals surface area contributed by atoms with Crippen LogP contribution in [-0.2, 0) is 11.2 Å². The first-order valence-corrected chi connectivity index (χ1v) is 11.8. The number of aryl methyl sites for hydroxylation is 1. The molecule has 168 valence electrons. The normalized spacial score (nSPS) is 24.3. The quantitative estimate of drug-likeness (QED) is 0.638. The Kier molecular flexibility index (Phi) is 4.65. The molecule has 0 amide bonds. The average Bonchev–Trinajstić information content (AvgIpc) is 3.53. The Hall–Kier alpha value is -2.35. The Bertz CT molecular complexity index is 1200. The zero-order chi connectivity index (χ0) is 22.0. The summed E-state index contributed by atoms with van der Waals surface area (Å²) >= 11 is 6.79. The average molecular weight is 454 g/mol. The minimum atomic E-state index is 0.0803. The molecule has 32 heavy (non-hydrogen) atoms. The number of nitrogens with zero attached hydrogens (tertiary/aromatic N) is 4. The van der Waals surface area contributed by atoms with Crippen molar-refractivity contribution in [2.75, 3.05) is 31.2 Å². The summed E-state index contributed by atoms with van der Waals surface area (Å²) in [5.74, 6) is 1.71. The van der Waals surface area contributed by atoms with Gasteiger partial charge in [0.15, 0.2) is 0 Å². The number of nitrogens with two attached hydrogens (primary N) is 1. The van der Waals surface area contributed by atoms with Crippen molar-refractivity contribution < 1.29 is 9.47 Å². The molecule has 2 unspecified atom stereocenters. The van der Waals surface area contributed by atoms with Crippen LogP contribution in [0, 0.1) is 12.3 Å². The zero-order valence-electron chi connectivity index (χ0n) is 18.5. The van der Waals surface area contributed by atoms with Gasteiger partial charge in [0.1, 0.15) is 11.4 Å². The number of ether oxygens (including phenoxy) is 2. The third-order valence-corrected chi connectivity index (χ3v) is 8.04. The predicted molar refractivity (Wildman–Crippen MR) is 125 cm³/mol. The summed E-state index contributed by atoms with van der Waals surface area (Å²) in [6, 6.07) is 4.27. The number of anilines is 1. The highest BCUT2D eigenvalue weighted by molar-refractivity contribution is 6.35. The molecule has 1 aromatic carbocycles. The molecule has 0 aliphatic carbocycles. The maximum atomic E-state index is 6.79. The first-order chi connectivity index (χ1) is 15.5. The standard InChI is InChI=1S/C24H28ClN5O2/c1-14-18(17-4-3-16-5-12-31-20(16)19(17)25)22-27-8-11-30(22)23(28-14)29-9-6-24(7-10-29)13-32-15(2)21(24)26/h3-4,8,11,15,21H,5-7,9-10,12-13,26H2,1-2H3. The second-order valence-corrected chi connectivity index (χ2v) is 9.78. The SMILES string of the molecule is Cc1nc(N2CCC3(CC2)COC(C)C3N)n2ccnc2c1-c1ccc2c(c1Cl)OCC2. The fourth-order valence-electron chi connectivity index (χ4n) is 5.64. The van der Waals surface area contributed by atoms with Gasteiger partial charge in [-0.2, -0.15) is 0 Å². The molecule has 5 heterocycles. The van der Waals surface area contributed by atoms with E-state index in [0.29, 0.717) is 11.6 Å². The maximum Gasteiger partial charge on any atom is 0.211 e. The summed E-state index contributed by atoms with van der Waals surface area (Å²) in [6.45, 7) is 7.35. The molecule has 2 aromatic heterocycles. The number of hydrogen-bond acceptors (Lipinski definition) is 6. The predicted octanol–water partition coefficient (Wildman–Crippen LogP) is 3.63. The third kappa shape index (κ3) is 2.87. The van der Waals surface area contributed by atoms with E-state index in [2.05, 4.69) is 28.4 Å². The van der Waals surface area contributed by atoms with Crippen molar-refractivity contribution in [3.63, 3.8) is 0 Å². The van der Waals surface area contributed by atoms with Crippen LogP contribution in [-0.4, -0.2) is 52.8 Å². The molecule has 3 aliphatic rings. The van der Waals surface area contributed by atoms with E-state index in [1.807, 2.05) is 19.3 Å². The highest BCUT2D eigenvalue weighted by Crippen LogP contribution is 2.44. The molecule has 3 aromatic rings. The molecule has 0 bridgehead atoms. The van der Waals surface area contributed by atoms with Gasteiger partial charge in [0.2, 0.25) is 5.95 Å². The summed E-state index contributed by atoms with van der Waals surface area (Å²) in [4.78, 5) is 12.1. The molecule has 3 aliphatic heterocycles. The summed E-state index contributed by atoms with van der Waals surface area (Å²) in [5, 5.41) is 0.645. The largest absolute Gasteiger partial charge is 0.491 e. The summed E-state index contributed by atoms with van der Waals surface area (Å²) in [7, 11) is 0. The highest BCUT2D eigenvalue weighted by atomic mass is 35.5. The van der Waals surface area contributed by atoms with E-state index in [4.69, 9.17) is 36.8 Å². The van der Waals surface area contributed by atoms with Gasteiger partial charge >= 0.3 is 0 Å².